The maximum atomic E-state index is 11.7. The third-order valence-electron chi connectivity index (χ3n) is 2.58. The molecule has 0 bridgehead atoms. The van der Waals surface area contributed by atoms with Crippen molar-refractivity contribution in [2.75, 3.05) is 12.8 Å². The molecule has 5 nitrogen and oxygen atoms in total. The quantitative estimate of drug-likeness (QED) is 0.607. The number of nitrogen functional groups attached to an aromatic ring is 1. The lowest BCUT2D eigenvalue weighted by molar-refractivity contribution is 0.484. The molecule has 0 aliphatic rings. The minimum Gasteiger partial charge on any atom is -0.455 e. The highest BCUT2D eigenvalue weighted by Gasteiger charge is 2.13. The first-order chi connectivity index (χ1) is 9.42. The minimum atomic E-state index is -3.50. The van der Waals surface area contributed by atoms with Gasteiger partial charge in [0, 0.05) is 3.57 Å². The zero-order valence-corrected chi connectivity index (χ0v) is 13.6. The number of ether oxygens (including phenoxy) is 1. The van der Waals surface area contributed by atoms with E-state index in [1.165, 1.54) is 19.2 Å². The Balaban J connectivity index is 2.31. The van der Waals surface area contributed by atoms with E-state index in [2.05, 4.69) is 27.3 Å². The van der Waals surface area contributed by atoms with Gasteiger partial charge in [0.2, 0.25) is 10.0 Å². The predicted octanol–water partition coefficient (Wildman–Crippen LogP) is 2.57. The summed E-state index contributed by atoms with van der Waals surface area (Å²) in [5.41, 5.74) is 6.10. The lowest BCUT2D eigenvalue weighted by atomic mass is 10.3. The van der Waals surface area contributed by atoms with Gasteiger partial charge in [-0.15, -0.1) is 0 Å². The molecule has 0 saturated heterocycles. The van der Waals surface area contributed by atoms with E-state index in [1.807, 2.05) is 18.2 Å². The molecule has 2 rings (SSSR count). The van der Waals surface area contributed by atoms with Crippen molar-refractivity contribution in [1.82, 2.24) is 4.72 Å². The first kappa shape index (κ1) is 15.1. The van der Waals surface area contributed by atoms with E-state index in [1.54, 1.807) is 12.1 Å². The van der Waals surface area contributed by atoms with Crippen molar-refractivity contribution in [1.29, 1.82) is 0 Å². The zero-order valence-electron chi connectivity index (χ0n) is 10.6. The number of nitrogens with two attached hydrogens (primary N) is 1. The van der Waals surface area contributed by atoms with Gasteiger partial charge in [-0.05, 0) is 66.0 Å². The van der Waals surface area contributed by atoms with Gasteiger partial charge in [-0.2, -0.15) is 0 Å². The predicted molar refractivity (Wildman–Crippen MR) is 86.3 cm³/mol. The lowest BCUT2D eigenvalue weighted by Gasteiger charge is -2.10. The van der Waals surface area contributed by atoms with Crippen LogP contribution in [0.4, 0.5) is 5.69 Å². The molecule has 0 aliphatic heterocycles. The van der Waals surface area contributed by atoms with Gasteiger partial charge in [-0.3, -0.25) is 0 Å². The molecule has 0 spiro atoms. The summed E-state index contributed by atoms with van der Waals surface area (Å²) >= 11 is 2.18. The molecular weight excluding hydrogens is 391 g/mol. The maximum absolute atomic E-state index is 11.7. The highest BCUT2D eigenvalue weighted by molar-refractivity contribution is 14.1. The smallest absolute Gasteiger partial charge is 0.240 e. The Kier molecular flexibility index (Phi) is 4.51. The van der Waals surface area contributed by atoms with E-state index in [0.717, 1.165) is 3.57 Å². The summed E-state index contributed by atoms with van der Waals surface area (Å²) < 4.78 is 32.2. The normalized spacial score (nSPS) is 11.3. The second-order valence-electron chi connectivity index (χ2n) is 3.97. The summed E-state index contributed by atoms with van der Waals surface area (Å²) in [5, 5.41) is 0. The SMILES string of the molecule is CNS(=O)(=O)c1ccc(Oc2cccc(I)c2)c(N)c1. The molecule has 0 fully saturated rings. The van der Waals surface area contributed by atoms with Crippen LogP contribution < -0.4 is 15.2 Å². The van der Waals surface area contributed by atoms with Gasteiger partial charge in [0.1, 0.15) is 11.5 Å². The Morgan fingerprint density at radius 2 is 1.95 bits per heavy atom. The fourth-order valence-corrected chi connectivity index (χ4v) is 2.84. The first-order valence-electron chi connectivity index (χ1n) is 5.69. The minimum absolute atomic E-state index is 0.104. The van der Waals surface area contributed by atoms with Crippen LogP contribution in [-0.2, 0) is 10.0 Å². The van der Waals surface area contributed by atoms with E-state index < -0.39 is 10.0 Å². The molecule has 0 heterocycles. The van der Waals surface area contributed by atoms with Crippen LogP contribution in [0.5, 0.6) is 11.5 Å². The van der Waals surface area contributed by atoms with Gasteiger partial charge in [-0.25, -0.2) is 13.1 Å². The lowest BCUT2D eigenvalue weighted by Crippen LogP contribution is -2.18. The van der Waals surface area contributed by atoms with Crippen molar-refractivity contribution >= 4 is 38.3 Å². The molecule has 7 heteroatoms. The highest BCUT2D eigenvalue weighted by atomic mass is 127. The second-order valence-corrected chi connectivity index (χ2v) is 7.10. The second kappa shape index (κ2) is 5.98. The fourth-order valence-electron chi connectivity index (χ4n) is 1.56. The van der Waals surface area contributed by atoms with Gasteiger partial charge in [-0.1, -0.05) is 6.07 Å². The molecule has 0 saturated carbocycles. The monoisotopic (exact) mass is 404 g/mol. The summed E-state index contributed by atoms with van der Waals surface area (Å²) in [4.78, 5) is 0.104. The van der Waals surface area contributed by atoms with Crippen LogP contribution in [0.2, 0.25) is 0 Å². The zero-order chi connectivity index (χ0) is 14.8. The first-order valence-corrected chi connectivity index (χ1v) is 8.25. The Labute approximate surface area is 131 Å². The highest BCUT2D eigenvalue weighted by Crippen LogP contribution is 2.30. The van der Waals surface area contributed by atoms with Crippen molar-refractivity contribution in [3.05, 3.63) is 46.0 Å². The van der Waals surface area contributed by atoms with Gasteiger partial charge in [0.05, 0.1) is 10.6 Å². The molecule has 0 aromatic heterocycles. The molecule has 3 N–H and O–H groups in total. The van der Waals surface area contributed by atoms with Crippen LogP contribution in [0, 0.1) is 3.57 Å². The molecule has 2 aromatic carbocycles. The molecule has 2 aromatic rings. The molecule has 106 valence electrons. The number of sulfonamides is 1. The maximum Gasteiger partial charge on any atom is 0.240 e. The number of hydrogen-bond acceptors (Lipinski definition) is 4. The van der Waals surface area contributed by atoms with Crippen LogP contribution >= 0.6 is 22.6 Å². The van der Waals surface area contributed by atoms with E-state index in [9.17, 15) is 8.42 Å². The molecule has 0 atom stereocenters. The van der Waals surface area contributed by atoms with E-state index in [-0.39, 0.29) is 10.6 Å². The van der Waals surface area contributed by atoms with Crippen molar-refractivity contribution in [2.45, 2.75) is 4.90 Å². The number of hydrogen-bond donors (Lipinski definition) is 2. The largest absolute Gasteiger partial charge is 0.455 e. The van der Waals surface area contributed by atoms with Crippen LogP contribution in [-0.4, -0.2) is 15.5 Å². The Hall–Kier alpha value is -1.32. The average molecular weight is 404 g/mol. The molecule has 0 amide bonds. The Morgan fingerprint density at radius 3 is 2.55 bits per heavy atom. The van der Waals surface area contributed by atoms with Crippen molar-refractivity contribution < 1.29 is 13.2 Å². The van der Waals surface area contributed by atoms with E-state index in [4.69, 9.17) is 10.5 Å². The van der Waals surface area contributed by atoms with Gasteiger partial charge in [0.15, 0.2) is 0 Å². The van der Waals surface area contributed by atoms with Crippen molar-refractivity contribution in [2.24, 2.45) is 0 Å². The van der Waals surface area contributed by atoms with Gasteiger partial charge >= 0.3 is 0 Å². The van der Waals surface area contributed by atoms with E-state index in [0.29, 0.717) is 11.5 Å². The van der Waals surface area contributed by atoms with E-state index >= 15 is 0 Å². The molecule has 0 unspecified atom stereocenters. The standard InChI is InChI=1S/C13H13IN2O3S/c1-16-20(17,18)11-5-6-13(12(15)8-11)19-10-4-2-3-9(14)7-10/h2-8,16H,15H2,1H3. The summed E-state index contributed by atoms with van der Waals surface area (Å²) in [7, 11) is -2.15. The topological polar surface area (TPSA) is 81.4 Å². The van der Waals surface area contributed by atoms with Crippen LogP contribution in [0.3, 0.4) is 0 Å². The molecule has 20 heavy (non-hydrogen) atoms. The number of halogens is 1. The summed E-state index contributed by atoms with van der Waals surface area (Å²) in [6.45, 7) is 0. The van der Waals surface area contributed by atoms with Crippen LogP contribution in [0.1, 0.15) is 0 Å². The third-order valence-corrected chi connectivity index (χ3v) is 4.67. The average Bonchev–Trinajstić information content (AvgIpc) is 2.41. The van der Waals surface area contributed by atoms with Crippen molar-refractivity contribution in [3.8, 4) is 11.5 Å². The van der Waals surface area contributed by atoms with Crippen LogP contribution in [0.15, 0.2) is 47.4 Å². The van der Waals surface area contributed by atoms with Gasteiger partial charge < -0.3 is 10.5 Å². The summed E-state index contributed by atoms with van der Waals surface area (Å²) in [6, 6.07) is 11.8. The fraction of sp³-hybridized carbons (Fsp3) is 0.0769. The number of benzene rings is 2. The number of rotatable bonds is 4. The molecule has 0 radical (unpaired) electrons. The number of anilines is 1. The summed E-state index contributed by atoms with van der Waals surface area (Å²) in [5.74, 6) is 1.06. The van der Waals surface area contributed by atoms with Crippen molar-refractivity contribution in [3.63, 3.8) is 0 Å². The Morgan fingerprint density at radius 1 is 1.20 bits per heavy atom. The third kappa shape index (κ3) is 3.41. The summed E-state index contributed by atoms with van der Waals surface area (Å²) in [6.07, 6.45) is 0. The molecular formula is C13H13IN2O3S. The Bertz CT molecular complexity index is 732. The van der Waals surface area contributed by atoms with Gasteiger partial charge in [0.25, 0.3) is 0 Å². The molecule has 0 aliphatic carbocycles. The number of nitrogens with one attached hydrogen (secondary N) is 1. The van der Waals surface area contributed by atoms with Crippen LogP contribution in [0.25, 0.3) is 0 Å².